The Morgan fingerprint density at radius 1 is 1.39 bits per heavy atom. The Morgan fingerprint density at radius 3 is 2.89 bits per heavy atom. The van der Waals surface area contributed by atoms with Gasteiger partial charge in [-0.15, -0.1) is 0 Å². The summed E-state index contributed by atoms with van der Waals surface area (Å²) in [7, 11) is 0. The molecule has 0 unspecified atom stereocenters. The van der Waals surface area contributed by atoms with Gasteiger partial charge in [0.05, 0.1) is 0 Å². The van der Waals surface area contributed by atoms with Gasteiger partial charge >= 0.3 is 0 Å². The number of aryl methyl sites for hydroxylation is 1. The highest BCUT2D eigenvalue weighted by Gasteiger charge is 2.08. The molecule has 1 amide bonds. The highest BCUT2D eigenvalue weighted by Crippen LogP contribution is 2.12. The monoisotopic (exact) mass is 241 g/mol. The number of benzene rings is 1. The van der Waals surface area contributed by atoms with Crippen molar-refractivity contribution in [3.63, 3.8) is 0 Å². The van der Waals surface area contributed by atoms with E-state index in [0.29, 0.717) is 17.8 Å². The lowest BCUT2D eigenvalue weighted by molar-refractivity contribution is 0.0950. The third-order valence-corrected chi connectivity index (χ3v) is 2.67. The molecule has 0 aliphatic rings. The largest absolute Gasteiger partial charge is 0.399 e. The molecule has 0 fully saturated rings. The summed E-state index contributed by atoms with van der Waals surface area (Å²) in [4.78, 5) is 16.0. The third kappa shape index (κ3) is 2.85. The van der Waals surface area contributed by atoms with Gasteiger partial charge in [-0.05, 0) is 42.3 Å². The Hall–Kier alpha value is -2.36. The fourth-order valence-corrected chi connectivity index (χ4v) is 1.72. The van der Waals surface area contributed by atoms with Crippen molar-refractivity contribution in [1.82, 2.24) is 10.3 Å². The van der Waals surface area contributed by atoms with Crippen molar-refractivity contribution in [2.24, 2.45) is 0 Å². The minimum absolute atomic E-state index is 0.101. The van der Waals surface area contributed by atoms with E-state index in [1.165, 1.54) is 0 Å². The summed E-state index contributed by atoms with van der Waals surface area (Å²) in [6.45, 7) is 2.34. The Morgan fingerprint density at radius 2 is 2.22 bits per heavy atom. The first-order valence-electron chi connectivity index (χ1n) is 5.70. The van der Waals surface area contributed by atoms with Crippen LogP contribution >= 0.6 is 0 Å². The second-order valence-electron chi connectivity index (χ2n) is 4.12. The maximum atomic E-state index is 12.0. The first-order valence-corrected chi connectivity index (χ1v) is 5.70. The standard InChI is InChI=1S/C14H15N3O/c1-10-7-12(15)4-5-13(10)14(18)17-9-11-3-2-6-16-8-11/h2-8H,9,15H2,1H3,(H,17,18). The first kappa shape index (κ1) is 12.1. The normalized spacial score (nSPS) is 10.1. The molecule has 0 spiro atoms. The zero-order valence-corrected chi connectivity index (χ0v) is 10.2. The van der Waals surface area contributed by atoms with Crippen molar-refractivity contribution in [2.75, 3.05) is 5.73 Å². The lowest BCUT2D eigenvalue weighted by Crippen LogP contribution is -2.23. The molecule has 2 rings (SSSR count). The van der Waals surface area contributed by atoms with Crippen molar-refractivity contribution < 1.29 is 4.79 Å². The van der Waals surface area contributed by atoms with E-state index >= 15 is 0 Å². The van der Waals surface area contributed by atoms with Gasteiger partial charge in [0.15, 0.2) is 0 Å². The quantitative estimate of drug-likeness (QED) is 0.806. The Kier molecular flexibility index (Phi) is 3.57. The number of nitrogen functional groups attached to an aromatic ring is 1. The number of pyridine rings is 1. The molecule has 0 saturated carbocycles. The zero-order chi connectivity index (χ0) is 13.0. The van der Waals surface area contributed by atoms with E-state index in [1.54, 1.807) is 30.6 Å². The number of nitrogens with two attached hydrogens (primary N) is 1. The van der Waals surface area contributed by atoms with E-state index < -0.39 is 0 Å². The van der Waals surface area contributed by atoms with E-state index in [2.05, 4.69) is 10.3 Å². The first-order chi connectivity index (χ1) is 8.66. The van der Waals surface area contributed by atoms with Crippen LogP contribution in [0.1, 0.15) is 21.5 Å². The summed E-state index contributed by atoms with van der Waals surface area (Å²) in [6.07, 6.45) is 3.44. The molecule has 18 heavy (non-hydrogen) atoms. The van der Waals surface area contributed by atoms with E-state index in [0.717, 1.165) is 11.1 Å². The highest BCUT2D eigenvalue weighted by molar-refractivity contribution is 5.95. The van der Waals surface area contributed by atoms with Crippen LogP contribution in [0.4, 0.5) is 5.69 Å². The fraction of sp³-hybridized carbons (Fsp3) is 0.143. The molecule has 92 valence electrons. The smallest absolute Gasteiger partial charge is 0.251 e. The third-order valence-electron chi connectivity index (χ3n) is 2.67. The number of hydrogen-bond acceptors (Lipinski definition) is 3. The Labute approximate surface area is 106 Å². The van der Waals surface area contributed by atoms with Gasteiger partial charge in [0.2, 0.25) is 0 Å². The highest BCUT2D eigenvalue weighted by atomic mass is 16.1. The van der Waals surface area contributed by atoms with Gasteiger partial charge in [0.25, 0.3) is 5.91 Å². The minimum atomic E-state index is -0.101. The molecule has 2 aromatic rings. The van der Waals surface area contributed by atoms with Crippen LogP contribution in [0.25, 0.3) is 0 Å². The van der Waals surface area contributed by atoms with E-state index in [1.807, 2.05) is 19.1 Å². The zero-order valence-electron chi connectivity index (χ0n) is 10.2. The van der Waals surface area contributed by atoms with Gasteiger partial charge in [-0.2, -0.15) is 0 Å². The minimum Gasteiger partial charge on any atom is -0.399 e. The van der Waals surface area contributed by atoms with Crippen molar-refractivity contribution >= 4 is 11.6 Å². The second-order valence-corrected chi connectivity index (χ2v) is 4.12. The topological polar surface area (TPSA) is 68.0 Å². The molecule has 0 atom stereocenters. The van der Waals surface area contributed by atoms with Crippen LogP contribution in [0.5, 0.6) is 0 Å². The average molecular weight is 241 g/mol. The summed E-state index contributed by atoms with van der Waals surface area (Å²) >= 11 is 0. The molecule has 1 heterocycles. The second kappa shape index (κ2) is 5.31. The van der Waals surface area contributed by atoms with E-state index in [-0.39, 0.29) is 5.91 Å². The van der Waals surface area contributed by atoms with E-state index in [9.17, 15) is 4.79 Å². The summed E-state index contributed by atoms with van der Waals surface area (Å²) in [5, 5.41) is 2.86. The number of anilines is 1. The maximum Gasteiger partial charge on any atom is 0.251 e. The molecular formula is C14H15N3O. The molecule has 0 bridgehead atoms. The van der Waals surface area contributed by atoms with Gasteiger partial charge in [0, 0.05) is 30.2 Å². The maximum absolute atomic E-state index is 12.0. The molecule has 1 aromatic carbocycles. The van der Waals surface area contributed by atoms with Crippen molar-refractivity contribution in [3.8, 4) is 0 Å². The van der Waals surface area contributed by atoms with Crippen LogP contribution in [0.15, 0.2) is 42.7 Å². The lowest BCUT2D eigenvalue weighted by Gasteiger charge is -2.08. The number of hydrogen-bond donors (Lipinski definition) is 2. The molecule has 0 saturated heterocycles. The van der Waals surface area contributed by atoms with Gasteiger partial charge < -0.3 is 11.1 Å². The van der Waals surface area contributed by atoms with Crippen LogP contribution in [-0.2, 0) is 6.54 Å². The average Bonchev–Trinajstić information content (AvgIpc) is 2.37. The van der Waals surface area contributed by atoms with Crippen LogP contribution in [-0.4, -0.2) is 10.9 Å². The SMILES string of the molecule is Cc1cc(N)ccc1C(=O)NCc1cccnc1. The van der Waals surface area contributed by atoms with Crippen LogP contribution in [0.2, 0.25) is 0 Å². The van der Waals surface area contributed by atoms with Crippen molar-refractivity contribution in [1.29, 1.82) is 0 Å². The number of carbonyl (C=O) groups excluding carboxylic acids is 1. The van der Waals surface area contributed by atoms with E-state index in [4.69, 9.17) is 5.73 Å². The number of carbonyl (C=O) groups is 1. The number of rotatable bonds is 3. The van der Waals surface area contributed by atoms with Gasteiger partial charge in [-0.1, -0.05) is 6.07 Å². The molecule has 0 aliphatic carbocycles. The Bertz CT molecular complexity index is 552. The molecular weight excluding hydrogens is 226 g/mol. The molecule has 4 heteroatoms. The number of nitrogens with one attached hydrogen (secondary N) is 1. The van der Waals surface area contributed by atoms with Gasteiger partial charge in [-0.3, -0.25) is 9.78 Å². The van der Waals surface area contributed by atoms with Crippen LogP contribution in [0, 0.1) is 6.92 Å². The van der Waals surface area contributed by atoms with Gasteiger partial charge in [0.1, 0.15) is 0 Å². The number of aromatic nitrogens is 1. The predicted octanol–water partition coefficient (Wildman–Crippen LogP) is 1.90. The number of nitrogens with zero attached hydrogens (tertiary/aromatic N) is 1. The van der Waals surface area contributed by atoms with Crippen LogP contribution in [0.3, 0.4) is 0 Å². The summed E-state index contributed by atoms with van der Waals surface area (Å²) < 4.78 is 0. The Balaban J connectivity index is 2.04. The molecule has 0 radical (unpaired) electrons. The van der Waals surface area contributed by atoms with Gasteiger partial charge in [-0.25, -0.2) is 0 Å². The molecule has 1 aromatic heterocycles. The molecule has 3 N–H and O–H groups in total. The predicted molar refractivity (Wildman–Crippen MR) is 71.0 cm³/mol. The summed E-state index contributed by atoms with van der Waals surface area (Å²) in [5.41, 5.74) is 8.81. The van der Waals surface area contributed by atoms with Crippen molar-refractivity contribution in [2.45, 2.75) is 13.5 Å². The summed E-state index contributed by atoms with van der Waals surface area (Å²) in [6, 6.07) is 9.02. The summed E-state index contributed by atoms with van der Waals surface area (Å²) in [5.74, 6) is -0.101. The van der Waals surface area contributed by atoms with Crippen molar-refractivity contribution in [3.05, 3.63) is 59.4 Å². The molecule has 4 nitrogen and oxygen atoms in total. The fourth-order valence-electron chi connectivity index (χ4n) is 1.72. The van der Waals surface area contributed by atoms with Crippen LogP contribution < -0.4 is 11.1 Å². The molecule has 0 aliphatic heterocycles. The number of amides is 1. The lowest BCUT2D eigenvalue weighted by atomic mass is 10.1.